The molecule has 4 rings (SSSR count). The largest absolute Gasteiger partial charge is 1.00 e. The van der Waals surface area contributed by atoms with Gasteiger partial charge in [0.1, 0.15) is 0 Å². The van der Waals surface area contributed by atoms with Crippen LogP contribution in [0.5, 0.6) is 0 Å². The zero-order valence-corrected chi connectivity index (χ0v) is 18.4. The van der Waals surface area contributed by atoms with Crippen LogP contribution in [-0.2, 0) is 20.3 Å². The van der Waals surface area contributed by atoms with Crippen LogP contribution in [0.25, 0.3) is 11.1 Å². The van der Waals surface area contributed by atoms with Gasteiger partial charge in [0.05, 0.1) is 0 Å². The molecule has 0 N–H and O–H groups in total. The van der Waals surface area contributed by atoms with E-state index in [2.05, 4.69) is 80.9 Å². The molecule has 0 spiro atoms. The zero-order valence-electron chi connectivity index (χ0n) is 14.4. The van der Waals surface area contributed by atoms with Gasteiger partial charge >= 0.3 is 144 Å². The van der Waals surface area contributed by atoms with Gasteiger partial charge in [-0.05, 0) is 0 Å². The van der Waals surface area contributed by atoms with Crippen molar-refractivity contribution in [2.24, 2.45) is 0 Å². The fraction of sp³-hybridized carbons (Fsp3) is 0.217. The van der Waals surface area contributed by atoms with Crippen molar-refractivity contribution < 1.29 is 45.1 Å². The topological polar surface area (TPSA) is 0 Å². The number of benzene rings is 2. The molecule has 0 heterocycles. The Morgan fingerprint density at radius 2 is 1.46 bits per heavy atom. The van der Waals surface area contributed by atoms with Crippen LogP contribution in [0.4, 0.5) is 0 Å². The van der Waals surface area contributed by atoms with Crippen LogP contribution in [-0.4, -0.2) is 0 Å². The summed E-state index contributed by atoms with van der Waals surface area (Å²) in [5.41, 5.74) is 5.84. The smallest absolute Gasteiger partial charge is 1.00 e. The van der Waals surface area contributed by atoms with Crippen molar-refractivity contribution in [1.82, 2.24) is 0 Å². The second-order valence-electron chi connectivity index (χ2n) is 6.51. The van der Waals surface area contributed by atoms with E-state index in [1.54, 1.807) is 3.28 Å². The normalized spacial score (nSPS) is 14.5. The molecule has 26 heavy (non-hydrogen) atoms. The molecule has 134 valence electrons. The summed E-state index contributed by atoms with van der Waals surface area (Å²) in [4.78, 5) is 0. The third kappa shape index (κ3) is 3.53. The fourth-order valence-electron chi connectivity index (χ4n) is 4.21. The van der Waals surface area contributed by atoms with Crippen molar-refractivity contribution in [2.45, 2.75) is 29.0 Å². The predicted molar refractivity (Wildman–Crippen MR) is 102 cm³/mol. The summed E-state index contributed by atoms with van der Waals surface area (Å²) in [5, 5.41) is 0. The summed E-state index contributed by atoms with van der Waals surface area (Å²) in [6.07, 6.45) is 7.95. The number of allylic oxidation sites excluding steroid dienone is 4. The maximum Gasteiger partial charge on any atom is -1.00 e. The van der Waals surface area contributed by atoms with Gasteiger partial charge in [0.2, 0.25) is 0 Å². The molecule has 2 aromatic carbocycles. The maximum absolute atomic E-state index is 3.78. The molecular formula is C23H24Cl2Zr. The van der Waals surface area contributed by atoms with E-state index in [0.29, 0.717) is 3.63 Å². The minimum Gasteiger partial charge on any atom is -1.00 e. The van der Waals surface area contributed by atoms with Crippen molar-refractivity contribution in [3.8, 4) is 20.7 Å². The van der Waals surface area contributed by atoms with Gasteiger partial charge in [-0.15, -0.1) is 0 Å². The summed E-state index contributed by atoms with van der Waals surface area (Å²) in [5.74, 6) is 3.30. The fourth-order valence-corrected chi connectivity index (χ4v) is 13.9. The van der Waals surface area contributed by atoms with Crippen molar-refractivity contribution in [1.29, 1.82) is 0 Å². The molecule has 0 saturated heterocycles. The Bertz CT molecular complexity index is 856. The van der Waals surface area contributed by atoms with Crippen molar-refractivity contribution >= 4 is 0 Å². The molecule has 0 bridgehead atoms. The molecule has 2 aliphatic rings. The Morgan fingerprint density at radius 1 is 0.923 bits per heavy atom. The van der Waals surface area contributed by atoms with Crippen LogP contribution >= 0.6 is 0 Å². The SMILES string of the molecule is C.CC#[C][Zr+2]([CH3])([C]1=CC=CC1)[CH]1c2ccccc2-c2ccccc21.[Cl-].[Cl-]. The monoisotopic (exact) mass is 460 g/mol. The summed E-state index contributed by atoms with van der Waals surface area (Å²) in [6.45, 7) is 2.00. The Kier molecular flexibility index (Phi) is 8.16. The molecule has 0 radical (unpaired) electrons. The van der Waals surface area contributed by atoms with E-state index in [1.807, 2.05) is 6.92 Å². The maximum atomic E-state index is 3.78. The third-order valence-electron chi connectivity index (χ3n) is 5.23. The number of hydrogen-bond donors (Lipinski definition) is 0. The van der Waals surface area contributed by atoms with E-state index in [4.69, 9.17) is 0 Å². The number of fused-ring (bicyclic) bond motifs is 3. The van der Waals surface area contributed by atoms with E-state index < -0.39 is 20.3 Å². The summed E-state index contributed by atoms with van der Waals surface area (Å²) >= 11 is -2.86. The Hall–Kier alpha value is -1.06. The molecule has 1 unspecified atom stereocenters. The van der Waals surface area contributed by atoms with E-state index in [0.717, 1.165) is 6.42 Å². The van der Waals surface area contributed by atoms with Crippen LogP contribution in [0.3, 0.4) is 0 Å². The second kappa shape index (κ2) is 9.23. The summed E-state index contributed by atoms with van der Waals surface area (Å²) in [6, 6.07) is 17.9. The van der Waals surface area contributed by atoms with Crippen LogP contribution < -0.4 is 24.8 Å². The first kappa shape index (κ1) is 23.0. The Morgan fingerprint density at radius 3 is 1.92 bits per heavy atom. The van der Waals surface area contributed by atoms with E-state index >= 15 is 0 Å². The van der Waals surface area contributed by atoms with Crippen molar-refractivity contribution in [3.63, 3.8) is 0 Å². The van der Waals surface area contributed by atoms with Gasteiger partial charge in [-0.1, -0.05) is 7.43 Å². The van der Waals surface area contributed by atoms with Gasteiger partial charge in [-0.2, -0.15) is 0 Å². The van der Waals surface area contributed by atoms with Gasteiger partial charge in [0.25, 0.3) is 0 Å². The molecule has 2 aromatic rings. The van der Waals surface area contributed by atoms with E-state index in [-0.39, 0.29) is 32.2 Å². The minimum absolute atomic E-state index is 0. The van der Waals surface area contributed by atoms with Crippen LogP contribution in [0.2, 0.25) is 4.63 Å². The molecular weight excluding hydrogens is 438 g/mol. The number of hydrogen-bond acceptors (Lipinski definition) is 0. The quantitative estimate of drug-likeness (QED) is 0.568. The van der Waals surface area contributed by atoms with E-state index in [9.17, 15) is 0 Å². The molecule has 0 aromatic heterocycles. The molecule has 0 saturated carbocycles. The average Bonchev–Trinajstić information content (AvgIpc) is 3.22. The summed E-state index contributed by atoms with van der Waals surface area (Å²) < 4.78 is 8.44. The molecule has 0 fully saturated rings. The molecule has 0 amide bonds. The Balaban J connectivity index is 0.00000113. The number of halogens is 2. The first-order valence-electron chi connectivity index (χ1n) is 8.24. The molecule has 2 aliphatic carbocycles. The first-order valence-corrected chi connectivity index (χ1v) is 14.6. The van der Waals surface area contributed by atoms with Crippen molar-refractivity contribution in [2.75, 3.05) is 0 Å². The predicted octanol–water partition coefficient (Wildman–Crippen LogP) is 0.427. The van der Waals surface area contributed by atoms with Crippen LogP contribution in [0, 0.1) is 9.55 Å². The second-order valence-corrected chi connectivity index (χ2v) is 16.0. The molecule has 0 aliphatic heterocycles. The van der Waals surface area contributed by atoms with Crippen LogP contribution in [0.1, 0.15) is 35.5 Å². The van der Waals surface area contributed by atoms with Gasteiger partial charge < -0.3 is 24.8 Å². The van der Waals surface area contributed by atoms with Gasteiger partial charge in [-0.3, -0.25) is 0 Å². The van der Waals surface area contributed by atoms with Crippen molar-refractivity contribution in [3.05, 3.63) is 81.2 Å². The van der Waals surface area contributed by atoms with Gasteiger partial charge in [0.15, 0.2) is 0 Å². The minimum atomic E-state index is -2.86. The Labute approximate surface area is 175 Å². The molecule has 0 nitrogen and oxygen atoms in total. The zero-order chi connectivity index (χ0) is 15.9. The van der Waals surface area contributed by atoms with E-state index in [1.165, 1.54) is 22.3 Å². The molecule has 3 heteroatoms. The first-order chi connectivity index (χ1) is 11.3. The molecule has 1 atom stereocenters. The third-order valence-corrected chi connectivity index (χ3v) is 15.7. The standard InChI is InChI=1S/C13H9.C5H5.C3H3.CH4.CH3.2ClH.Zr/c1-3-7-12-10(5-1)9-11-6-2-4-8-13(11)12;1-2-4-5-3-1;1-3-2;;;;;/h1-9H;1-3H,4H2;1H3;1H4;1H3;2*1H;/q;;;;;;;+2/p-2. The van der Waals surface area contributed by atoms with Gasteiger partial charge in [-0.25, -0.2) is 0 Å². The number of rotatable bonds is 2. The van der Waals surface area contributed by atoms with Crippen LogP contribution in [0.15, 0.2) is 70.0 Å². The average molecular weight is 463 g/mol. The van der Waals surface area contributed by atoms with Gasteiger partial charge in [0, 0.05) is 0 Å². The summed E-state index contributed by atoms with van der Waals surface area (Å²) in [7, 11) is 0.